The molecule has 0 saturated heterocycles. The number of esters is 1. The highest BCUT2D eigenvalue weighted by atomic mass is 16.5. The van der Waals surface area contributed by atoms with Crippen LogP contribution < -0.4 is 0 Å². The summed E-state index contributed by atoms with van der Waals surface area (Å²) in [4.78, 5) is 12.7. The lowest BCUT2D eigenvalue weighted by molar-refractivity contribution is -0.00830. The van der Waals surface area contributed by atoms with Crippen LogP contribution >= 0.6 is 0 Å². The molecule has 0 heterocycles. The molecule has 2 nitrogen and oxygen atoms in total. The Morgan fingerprint density at radius 1 is 1.03 bits per heavy atom. The molecule has 7 atom stereocenters. The molecule has 0 aromatic heterocycles. The van der Waals surface area contributed by atoms with Crippen molar-refractivity contribution < 1.29 is 9.53 Å². The van der Waals surface area contributed by atoms with E-state index in [-0.39, 0.29) is 17.5 Å². The summed E-state index contributed by atoms with van der Waals surface area (Å²) in [6.45, 7) is 12.4. The Kier molecular flexibility index (Phi) is 7.27. The van der Waals surface area contributed by atoms with E-state index in [2.05, 4.69) is 46.8 Å². The van der Waals surface area contributed by atoms with Gasteiger partial charge in [-0.2, -0.15) is 0 Å². The normalized spacial score (nSPS) is 36.3. The molecule has 2 fully saturated rings. The number of allylic oxidation sites excluding steroid dienone is 4. The highest BCUT2D eigenvalue weighted by Crippen LogP contribution is 2.65. The molecule has 2 heteroatoms. The van der Waals surface area contributed by atoms with Crippen molar-refractivity contribution in [2.45, 2.75) is 105 Å². The Labute approximate surface area is 220 Å². The summed E-state index contributed by atoms with van der Waals surface area (Å²) in [5.74, 6) is 3.65. The van der Waals surface area contributed by atoms with Crippen LogP contribution in [-0.4, -0.2) is 12.1 Å². The van der Waals surface area contributed by atoms with Gasteiger partial charge in [-0.15, -0.1) is 0 Å². The maximum atomic E-state index is 12.7. The molecule has 0 bridgehead atoms. The van der Waals surface area contributed by atoms with Crippen molar-refractivity contribution in [3.63, 3.8) is 0 Å². The minimum absolute atomic E-state index is 0.0442. The van der Waals surface area contributed by atoms with Gasteiger partial charge in [-0.3, -0.25) is 0 Å². The number of rotatable bonds is 7. The van der Waals surface area contributed by atoms with E-state index in [1.54, 1.807) is 11.1 Å². The second kappa shape index (κ2) is 10.1. The molecule has 0 aliphatic heterocycles. The Morgan fingerprint density at radius 3 is 2.56 bits per heavy atom. The quantitative estimate of drug-likeness (QED) is 0.358. The van der Waals surface area contributed by atoms with Crippen molar-refractivity contribution in [1.29, 1.82) is 0 Å². The zero-order valence-corrected chi connectivity index (χ0v) is 23.4. The summed E-state index contributed by atoms with van der Waals surface area (Å²) in [5.41, 5.74) is 4.71. The molecule has 1 aromatic carbocycles. The fourth-order valence-corrected chi connectivity index (χ4v) is 8.74. The van der Waals surface area contributed by atoms with Gasteiger partial charge in [0.25, 0.3) is 0 Å². The number of carbonyl (C=O) groups is 1. The lowest BCUT2D eigenvalue weighted by Crippen LogP contribution is -2.45. The molecular formula is C34H48O2. The predicted octanol–water partition coefficient (Wildman–Crippen LogP) is 9.17. The molecule has 0 unspecified atom stereocenters. The molecule has 4 aliphatic carbocycles. The molecule has 0 radical (unpaired) electrons. The van der Waals surface area contributed by atoms with E-state index in [4.69, 9.17) is 4.74 Å². The van der Waals surface area contributed by atoms with Gasteiger partial charge >= 0.3 is 5.97 Å². The highest BCUT2D eigenvalue weighted by Gasteiger charge is 2.55. The van der Waals surface area contributed by atoms with Crippen LogP contribution in [0, 0.1) is 40.4 Å². The van der Waals surface area contributed by atoms with E-state index in [0.29, 0.717) is 16.9 Å². The van der Waals surface area contributed by atoms with E-state index in [1.165, 1.54) is 38.5 Å². The first-order chi connectivity index (χ1) is 17.2. The first kappa shape index (κ1) is 25.8. The zero-order valence-electron chi connectivity index (χ0n) is 23.4. The van der Waals surface area contributed by atoms with Crippen molar-refractivity contribution in [3.05, 3.63) is 59.2 Å². The van der Waals surface area contributed by atoms with Crippen LogP contribution in [0.25, 0.3) is 0 Å². The van der Waals surface area contributed by atoms with Crippen molar-refractivity contribution in [1.82, 2.24) is 0 Å². The Hall–Kier alpha value is -1.83. The lowest BCUT2D eigenvalue weighted by Gasteiger charge is -2.53. The number of fused-ring (bicyclic) bond motifs is 5. The second-order valence-electron chi connectivity index (χ2n) is 13.5. The van der Waals surface area contributed by atoms with E-state index < -0.39 is 0 Å². The minimum atomic E-state index is -0.164. The number of hydrogen-bond acceptors (Lipinski definition) is 2. The number of carbonyl (C=O) groups excluding carboxylic acids is 1. The molecule has 196 valence electrons. The number of benzene rings is 1. The minimum Gasteiger partial charge on any atom is -0.459 e. The average molecular weight is 489 g/mol. The molecule has 0 amide bonds. The van der Waals surface area contributed by atoms with Crippen LogP contribution in [0.4, 0.5) is 0 Å². The Bertz CT molecular complexity index is 1000. The average Bonchev–Trinajstić information content (AvgIpc) is 3.22. The fraction of sp³-hybridized carbons (Fsp3) is 0.676. The van der Waals surface area contributed by atoms with E-state index >= 15 is 0 Å². The van der Waals surface area contributed by atoms with Crippen molar-refractivity contribution in [2.24, 2.45) is 40.4 Å². The van der Waals surface area contributed by atoms with Crippen molar-refractivity contribution in [3.8, 4) is 0 Å². The molecule has 0 spiro atoms. The van der Waals surface area contributed by atoms with Crippen molar-refractivity contribution in [2.75, 3.05) is 0 Å². The van der Waals surface area contributed by atoms with Crippen molar-refractivity contribution >= 4 is 5.97 Å². The molecule has 2 saturated carbocycles. The third kappa shape index (κ3) is 4.63. The molecule has 5 rings (SSSR count). The first-order valence-electron chi connectivity index (χ1n) is 14.9. The van der Waals surface area contributed by atoms with Crippen LogP contribution in [0.2, 0.25) is 0 Å². The van der Waals surface area contributed by atoms with E-state index in [1.807, 2.05) is 30.3 Å². The van der Waals surface area contributed by atoms with Crippen LogP contribution in [0.15, 0.2) is 53.6 Å². The molecule has 36 heavy (non-hydrogen) atoms. The maximum Gasteiger partial charge on any atom is 0.338 e. The van der Waals surface area contributed by atoms with Gasteiger partial charge in [0.2, 0.25) is 0 Å². The molecular weight excluding hydrogens is 440 g/mol. The SMILES string of the molecule is CC(C)CCC[C@@H](C)[C@H]1CC[C@H]2C3=CC[C@H]4C[C@@H](OC(=O)c5ccccc5)CC[C@]4(C)C3=CC[C@]12C. The largest absolute Gasteiger partial charge is 0.459 e. The standard InChI is InChI=1S/C34H48O2/c1-23(2)10-9-11-24(3)29-16-17-30-28-15-14-26-22-27(36-32(35)25-12-7-6-8-13-25)18-20-33(26,4)31(28)19-21-34(29,30)5/h6-8,12-13,15,19,23-24,26-27,29-30H,9-11,14,16-18,20-22H2,1-5H3/t24-,26+,27+,29-,30+,33+,34-/m1/s1. The highest BCUT2D eigenvalue weighted by molar-refractivity contribution is 5.89. The molecule has 0 N–H and O–H groups in total. The summed E-state index contributed by atoms with van der Waals surface area (Å²) in [7, 11) is 0. The topological polar surface area (TPSA) is 26.3 Å². The Morgan fingerprint density at radius 2 is 1.81 bits per heavy atom. The smallest absolute Gasteiger partial charge is 0.338 e. The maximum absolute atomic E-state index is 12.7. The van der Waals surface area contributed by atoms with E-state index in [0.717, 1.165) is 49.4 Å². The first-order valence-corrected chi connectivity index (χ1v) is 14.9. The number of hydrogen-bond donors (Lipinski definition) is 0. The Balaban J connectivity index is 1.27. The fourth-order valence-electron chi connectivity index (χ4n) is 8.74. The summed E-state index contributed by atoms with van der Waals surface area (Å²) in [6.07, 6.45) is 17.7. The lowest BCUT2D eigenvalue weighted by atomic mass is 9.51. The summed E-state index contributed by atoms with van der Waals surface area (Å²) in [6, 6.07) is 9.47. The third-order valence-corrected chi connectivity index (χ3v) is 10.9. The van der Waals surface area contributed by atoms with Gasteiger partial charge in [-0.1, -0.05) is 84.2 Å². The van der Waals surface area contributed by atoms with Crippen LogP contribution in [0.5, 0.6) is 0 Å². The monoisotopic (exact) mass is 488 g/mol. The third-order valence-electron chi connectivity index (χ3n) is 10.9. The molecule has 4 aliphatic rings. The second-order valence-corrected chi connectivity index (χ2v) is 13.5. The van der Waals surface area contributed by atoms with E-state index in [9.17, 15) is 4.79 Å². The van der Waals surface area contributed by atoms with Gasteiger partial charge in [0, 0.05) is 0 Å². The number of ether oxygens (including phenoxy) is 1. The van der Waals surface area contributed by atoms with Gasteiger partial charge in [0.05, 0.1) is 5.56 Å². The van der Waals surface area contributed by atoms with Gasteiger partial charge in [0.1, 0.15) is 6.10 Å². The summed E-state index contributed by atoms with van der Waals surface area (Å²) in [5, 5.41) is 0. The van der Waals surface area contributed by atoms with Gasteiger partial charge < -0.3 is 4.74 Å². The molecule has 1 aromatic rings. The van der Waals surface area contributed by atoms with Gasteiger partial charge in [0.15, 0.2) is 0 Å². The van der Waals surface area contributed by atoms with Crippen LogP contribution in [0.1, 0.15) is 109 Å². The van der Waals surface area contributed by atoms with Gasteiger partial charge in [-0.25, -0.2) is 4.79 Å². The van der Waals surface area contributed by atoms with Crippen LogP contribution in [0.3, 0.4) is 0 Å². The van der Waals surface area contributed by atoms with Crippen LogP contribution in [-0.2, 0) is 4.74 Å². The van der Waals surface area contributed by atoms with Gasteiger partial charge in [-0.05, 0) is 109 Å². The summed E-state index contributed by atoms with van der Waals surface area (Å²) >= 11 is 0. The predicted molar refractivity (Wildman–Crippen MR) is 149 cm³/mol. The summed E-state index contributed by atoms with van der Waals surface area (Å²) < 4.78 is 6.00. The zero-order chi connectivity index (χ0) is 25.5.